The van der Waals surface area contributed by atoms with E-state index < -0.39 is 11.9 Å². The van der Waals surface area contributed by atoms with Crippen molar-refractivity contribution in [3.8, 4) is 11.5 Å². The molecular weight excluding hydrogens is 260 g/mol. The molecule has 0 saturated heterocycles. The van der Waals surface area contributed by atoms with Crippen molar-refractivity contribution in [2.45, 2.75) is 6.92 Å². The molecule has 2 aromatic rings. The van der Waals surface area contributed by atoms with E-state index in [0.717, 1.165) is 5.56 Å². The Morgan fingerprint density at radius 1 is 0.900 bits per heavy atom. The highest BCUT2D eigenvalue weighted by atomic mass is 16.5. The molecule has 0 radical (unpaired) electrons. The second-order valence-corrected chi connectivity index (χ2v) is 4.16. The second-order valence-electron chi connectivity index (χ2n) is 4.16. The first kappa shape index (κ1) is 13.6. The molecule has 0 atom stereocenters. The molecule has 0 aliphatic rings. The molecule has 0 aromatic heterocycles. The molecule has 2 N–H and O–H groups in total. The van der Waals surface area contributed by atoms with Gasteiger partial charge in [0.25, 0.3) is 0 Å². The van der Waals surface area contributed by atoms with Gasteiger partial charge in [-0.25, -0.2) is 9.59 Å². The van der Waals surface area contributed by atoms with Crippen LogP contribution in [0.25, 0.3) is 0 Å². The van der Waals surface area contributed by atoms with E-state index in [1.54, 1.807) is 25.1 Å². The van der Waals surface area contributed by atoms with Gasteiger partial charge >= 0.3 is 11.9 Å². The molecule has 5 nitrogen and oxygen atoms in total. The monoisotopic (exact) mass is 272 g/mol. The van der Waals surface area contributed by atoms with Crippen LogP contribution in [0.5, 0.6) is 11.5 Å². The zero-order valence-corrected chi connectivity index (χ0v) is 10.7. The van der Waals surface area contributed by atoms with E-state index in [-0.39, 0.29) is 16.9 Å². The van der Waals surface area contributed by atoms with E-state index in [0.29, 0.717) is 5.75 Å². The Kier molecular flexibility index (Phi) is 3.70. The summed E-state index contributed by atoms with van der Waals surface area (Å²) in [5.74, 6) is -2.22. The summed E-state index contributed by atoms with van der Waals surface area (Å²) in [6.45, 7) is 1.79. The molecule has 2 rings (SSSR count). The Labute approximate surface area is 115 Å². The first-order valence-corrected chi connectivity index (χ1v) is 5.84. The second kappa shape index (κ2) is 5.44. The van der Waals surface area contributed by atoms with Gasteiger partial charge in [0.15, 0.2) is 5.75 Å². The van der Waals surface area contributed by atoms with E-state index in [4.69, 9.17) is 14.9 Å². The molecule has 0 bridgehead atoms. The van der Waals surface area contributed by atoms with Crippen LogP contribution in [0.15, 0.2) is 42.5 Å². The number of hydrogen-bond acceptors (Lipinski definition) is 3. The van der Waals surface area contributed by atoms with Gasteiger partial charge in [0.1, 0.15) is 16.9 Å². The molecule has 0 saturated carbocycles. The topological polar surface area (TPSA) is 83.8 Å². The number of ether oxygens (including phenoxy) is 1. The van der Waals surface area contributed by atoms with Crippen LogP contribution >= 0.6 is 0 Å². The fourth-order valence-electron chi connectivity index (χ4n) is 1.76. The van der Waals surface area contributed by atoms with Crippen LogP contribution in [-0.2, 0) is 0 Å². The number of rotatable bonds is 4. The minimum Gasteiger partial charge on any atom is -0.478 e. The van der Waals surface area contributed by atoms with E-state index in [1.807, 2.05) is 6.07 Å². The van der Waals surface area contributed by atoms with Crippen molar-refractivity contribution in [2.75, 3.05) is 0 Å². The minimum atomic E-state index is -1.24. The van der Waals surface area contributed by atoms with Gasteiger partial charge in [-0.15, -0.1) is 0 Å². The van der Waals surface area contributed by atoms with Crippen LogP contribution < -0.4 is 4.74 Å². The van der Waals surface area contributed by atoms with Crippen LogP contribution in [-0.4, -0.2) is 22.2 Å². The van der Waals surface area contributed by atoms with Gasteiger partial charge in [0.05, 0.1) is 0 Å². The van der Waals surface area contributed by atoms with Gasteiger partial charge < -0.3 is 14.9 Å². The number of benzene rings is 2. The van der Waals surface area contributed by atoms with E-state index in [9.17, 15) is 9.59 Å². The van der Waals surface area contributed by atoms with Crippen LogP contribution in [0.2, 0.25) is 0 Å². The third-order valence-corrected chi connectivity index (χ3v) is 2.78. The summed E-state index contributed by atoms with van der Waals surface area (Å²) in [5, 5.41) is 18.3. The highest BCUT2D eigenvalue weighted by Gasteiger charge is 2.20. The van der Waals surface area contributed by atoms with Crippen LogP contribution in [0, 0.1) is 6.92 Å². The zero-order chi connectivity index (χ0) is 14.7. The molecule has 2 aromatic carbocycles. The van der Waals surface area contributed by atoms with Crippen LogP contribution in [0.1, 0.15) is 26.3 Å². The van der Waals surface area contributed by atoms with E-state index in [1.165, 1.54) is 18.2 Å². The fourth-order valence-corrected chi connectivity index (χ4v) is 1.76. The standard InChI is InChI=1S/C15H12O5/c1-9-5-2-3-8-12(9)20-13-10(14(16)17)6-4-7-11(13)15(18)19/h2-8H,1H3,(H,16,17)(H,18,19). The van der Waals surface area contributed by atoms with Crippen LogP contribution in [0.4, 0.5) is 0 Å². The molecule has 0 aliphatic carbocycles. The summed E-state index contributed by atoms with van der Waals surface area (Å²) < 4.78 is 5.53. The van der Waals surface area contributed by atoms with Crippen molar-refractivity contribution in [1.82, 2.24) is 0 Å². The fraction of sp³-hybridized carbons (Fsp3) is 0.0667. The summed E-state index contributed by atoms with van der Waals surface area (Å²) in [6, 6.07) is 11.0. The molecule has 0 aliphatic heterocycles. The molecule has 102 valence electrons. The number of carboxylic acids is 2. The van der Waals surface area contributed by atoms with Gasteiger partial charge in [-0.1, -0.05) is 24.3 Å². The van der Waals surface area contributed by atoms with Crippen molar-refractivity contribution in [2.24, 2.45) is 0 Å². The predicted molar refractivity (Wildman–Crippen MR) is 71.6 cm³/mol. The lowest BCUT2D eigenvalue weighted by Crippen LogP contribution is -2.07. The highest BCUT2D eigenvalue weighted by molar-refractivity contribution is 5.98. The lowest BCUT2D eigenvalue weighted by Gasteiger charge is -2.13. The maximum atomic E-state index is 11.2. The van der Waals surface area contributed by atoms with Gasteiger partial charge in [-0.05, 0) is 30.7 Å². The summed E-state index contributed by atoms with van der Waals surface area (Å²) in [5.41, 5.74) is 0.408. The average Bonchev–Trinajstić information content (AvgIpc) is 2.41. The molecule has 0 unspecified atom stereocenters. The molecule has 5 heteroatoms. The molecule has 0 spiro atoms. The minimum absolute atomic E-state index is 0.165. The maximum absolute atomic E-state index is 11.2. The lowest BCUT2D eigenvalue weighted by molar-refractivity contribution is 0.0692. The Balaban J connectivity index is 2.57. The summed E-state index contributed by atoms with van der Waals surface area (Å²) in [7, 11) is 0. The Morgan fingerprint density at radius 3 is 1.95 bits per heavy atom. The predicted octanol–water partition coefficient (Wildman–Crippen LogP) is 3.18. The number of aromatic carboxylic acids is 2. The number of hydrogen-bond donors (Lipinski definition) is 2. The maximum Gasteiger partial charge on any atom is 0.339 e. The van der Waals surface area contributed by atoms with Crippen molar-refractivity contribution in [3.63, 3.8) is 0 Å². The van der Waals surface area contributed by atoms with Gasteiger partial charge in [-0.3, -0.25) is 0 Å². The number of para-hydroxylation sites is 2. The lowest BCUT2D eigenvalue weighted by atomic mass is 10.1. The quantitative estimate of drug-likeness (QED) is 0.893. The first-order chi connectivity index (χ1) is 9.50. The average molecular weight is 272 g/mol. The number of carboxylic acid groups (broad SMARTS) is 2. The molecule has 0 heterocycles. The largest absolute Gasteiger partial charge is 0.478 e. The van der Waals surface area contributed by atoms with Crippen molar-refractivity contribution in [1.29, 1.82) is 0 Å². The van der Waals surface area contributed by atoms with Crippen molar-refractivity contribution >= 4 is 11.9 Å². The Hall–Kier alpha value is -2.82. The third-order valence-electron chi connectivity index (χ3n) is 2.78. The Bertz CT molecular complexity index is 643. The highest BCUT2D eigenvalue weighted by Crippen LogP contribution is 2.31. The summed E-state index contributed by atoms with van der Waals surface area (Å²) in [6.07, 6.45) is 0. The molecule has 0 amide bonds. The van der Waals surface area contributed by atoms with Gasteiger partial charge in [0, 0.05) is 0 Å². The molecular formula is C15H12O5. The van der Waals surface area contributed by atoms with Crippen molar-refractivity contribution in [3.05, 3.63) is 59.2 Å². The zero-order valence-electron chi connectivity index (χ0n) is 10.7. The summed E-state index contributed by atoms with van der Waals surface area (Å²) in [4.78, 5) is 22.4. The van der Waals surface area contributed by atoms with Crippen molar-refractivity contribution < 1.29 is 24.5 Å². The number of carbonyl (C=O) groups is 2. The SMILES string of the molecule is Cc1ccccc1Oc1c(C(=O)O)cccc1C(=O)O. The Morgan fingerprint density at radius 2 is 1.45 bits per heavy atom. The normalized spacial score (nSPS) is 10.1. The van der Waals surface area contributed by atoms with Gasteiger partial charge in [-0.2, -0.15) is 0 Å². The number of aryl methyl sites for hydroxylation is 1. The van der Waals surface area contributed by atoms with Crippen LogP contribution in [0.3, 0.4) is 0 Å². The smallest absolute Gasteiger partial charge is 0.339 e. The van der Waals surface area contributed by atoms with Gasteiger partial charge in [0.2, 0.25) is 0 Å². The molecule has 20 heavy (non-hydrogen) atoms. The molecule has 0 fully saturated rings. The van der Waals surface area contributed by atoms with E-state index >= 15 is 0 Å². The third kappa shape index (κ3) is 2.61. The van der Waals surface area contributed by atoms with E-state index in [2.05, 4.69) is 0 Å². The summed E-state index contributed by atoms with van der Waals surface area (Å²) >= 11 is 0. The first-order valence-electron chi connectivity index (χ1n) is 5.84.